The van der Waals surface area contributed by atoms with Gasteiger partial charge in [0.2, 0.25) is 5.91 Å². The van der Waals surface area contributed by atoms with Crippen LogP contribution in [-0.4, -0.2) is 54.0 Å². The summed E-state index contributed by atoms with van der Waals surface area (Å²) in [6.07, 6.45) is 0.761. The molecular formula is C24H32FN3O3S. The number of amides is 3. The molecular weight excluding hydrogens is 429 g/mol. The van der Waals surface area contributed by atoms with Crippen LogP contribution in [0.5, 0.6) is 5.75 Å². The van der Waals surface area contributed by atoms with E-state index < -0.39 is 5.82 Å². The summed E-state index contributed by atoms with van der Waals surface area (Å²) in [5.74, 6) is -0.172. The van der Waals surface area contributed by atoms with Gasteiger partial charge in [-0.15, -0.1) is 11.3 Å². The lowest BCUT2D eigenvalue weighted by atomic mass is 10.0. The Morgan fingerprint density at radius 2 is 2.00 bits per heavy atom. The van der Waals surface area contributed by atoms with Crippen molar-refractivity contribution in [2.75, 3.05) is 26.2 Å². The molecule has 3 amide bonds. The molecule has 0 spiro atoms. The summed E-state index contributed by atoms with van der Waals surface area (Å²) in [7, 11) is 0. The van der Waals surface area contributed by atoms with Crippen molar-refractivity contribution in [2.45, 2.75) is 46.2 Å². The molecule has 0 radical (unpaired) electrons. The molecule has 1 aromatic carbocycles. The van der Waals surface area contributed by atoms with Gasteiger partial charge >= 0.3 is 6.03 Å². The molecule has 174 valence electrons. The molecule has 0 fully saturated rings. The highest BCUT2D eigenvalue weighted by Crippen LogP contribution is 2.34. The minimum Gasteiger partial charge on any atom is -0.488 e. The molecule has 0 unspecified atom stereocenters. The van der Waals surface area contributed by atoms with Crippen molar-refractivity contribution in [3.8, 4) is 5.75 Å². The molecule has 0 aliphatic carbocycles. The number of benzene rings is 1. The van der Waals surface area contributed by atoms with Gasteiger partial charge in [-0.05, 0) is 55.3 Å². The molecule has 2 heterocycles. The number of carbonyl (C=O) groups is 2. The molecule has 0 saturated heterocycles. The first-order chi connectivity index (χ1) is 15.3. The van der Waals surface area contributed by atoms with Crippen LogP contribution in [0.2, 0.25) is 0 Å². The highest BCUT2D eigenvalue weighted by Gasteiger charge is 2.33. The maximum atomic E-state index is 14.1. The van der Waals surface area contributed by atoms with E-state index >= 15 is 0 Å². The molecule has 1 N–H and O–H groups in total. The summed E-state index contributed by atoms with van der Waals surface area (Å²) in [6.45, 7) is 8.99. The van der Waals surface area contributed by atoms with Crippen molar-refractivity contribution in [1.82, 2.24) is 15.1 Å². The molecule has 0 bridgehead atoms. The fourth-order valence-electron chi connectivity index (χ4n) is 3.86. The molecule has 1 aliphatic rings. The van der Waals surface area contributed by atoms with Crippen LogP contribution < -0.4 is 10.1 Å². The Balaban J connectivity index is 1.77. The second-order valence-corrected chi connectivity index (χ2v) is 9.77. The highest BCUT2D eigenvalue weighted by molar-refractivity contribution is 7.10. The number of nitrogens with zero attached hydrogens (tertiary/aromatic N) is 2. The van der Waals surface area contributed by atoms with Crippen molar-refractivity contribution >= 4 is 23.3 Å². The number of fused-ring (bicyclic) bond motifs is 1. The molecule has 6 nitrogen and oxygen atoms in total. The Bertz CT molecular complexity index is 931. The van der Waals surface area contributed by atoms with Gasteiger partial charge in [-0.25, -0.2) is 9.18 Å². The number of carbonyl (C=O) groups excluding carboxylic acids is 2. The van der Waals surface area contributed by atoms with Crippen LogP contribution in [-0.2, 0) is 11.2 Å². The van der Waals surface area contributed by atoms with Gasteiger partial charge in [0.15, 0.2) is 11.6 Å². The summed E-state index contributed by atoms with van der Waals surface area (Å²) < 4.78 is 19.9. The van der Waals surface area contributed by atoms with E-state index in [4.69, 9.17) is 4.74 Å². The molecule has 1 aromatic heterocycles. The molecule has 1 atom stereocenters. The van der Waals surface area contributed by atoms with Crippen LogP contribution in [0.4, 0.5) is 9.18 Å². The highest BCUT2D eigenvalue weighted by atomic mass is 32.1. The third-order valence-electron chi connectivity index (χ3n) is 5.26. The minimum atomic E-state index is -0.430. The van der Waals surface area contributed by atoms with Crippen molar-refractivity contribution in [1.29, 1.82) is 0 Å². The lowest BCUT2D eigenvalue weighted by molar-refractivity contribution is -0.135. The average Bonchev–Trinajstić information content (AvgIpc) is 3.20. The monoisotopic (exact) mass is 461 g/mol. The van der Waals surface area contributed by atoms with Crippen LogP contribution in [0, 0.1) is 11.7 Å². The first-order valence-corrected chi connectivity index (χ1v) is 11.9. The van der Waals surface area contributed by atoms with Crippen LogP contribution >= 0.6 is 11.3 Å². The van der Waals surface area contributed by atoms with Crippen LogP contribution in [0.15, 0.2) is 35.7 Å². The Morgan fingerprint density at radius 1 is 1.25 bits per heavy atom. The second kappa shape index (κ2) is 10.8. The molecule has 2 aromatic rings. The van der Waals surface area contributed by atoms with Crippen molar-refractivity contribution < 1.29 is 18.7 Å². The Morgan fingerprint density at radius 3 is 2.69 bits per heavy atom. The zero-order valence-electron chi connectivity index (χ0n) is 19.1. The number of ether oxygens (including phenoxy) is 1. The van der Waals surface area contributed by atoms with Crippen LogP contribution in [0.25, 0.3) is 0 Å². The smallest absolute Gasteiger partial charge is 0.318 e. The number of thiophene rings is 1. The summed E-state index contributed by atoms with van der Waals surface area (Å²) in [4.78, 5) is 30.6. The molecule has 8 heteroatoms. The molecule has 3 rings (SSSR count). The van der Waals surface area contributed by atoms with Crippen molar-refractivity contribution in [3.63, 3.8) is 0 Å². The van der Waals surface area contributed by atoms with E-state index in [-0.39, 0.29) is 48.8 Å². The predicted octanol–water partition coefficient (Wildman–Crippen LogP) is 4.47. The summed E-state index contributed by atoms with van der Waals surface area (Å²) in [5, 5.41) is 4.89. The third kappa shape index (κ3) is 6.00. The molecule has 32 heavy (non-hydrogen) atoms. The predicted molar refractivity (Wildman–Crippen MR) is 124 cm³/mol. The summed E-state index contributed by atoms with van der Waals surface area (Å²) in [5.41, 5.74) is 1.04. The first-order valence-electron chi connectivity index (χ1n) is 11.0. The maximum Gasteiger partial charge on any atom is 0.318 e. The van der Waals surface area contributed by atoms with Gasteiger partial charge in [0, 0.05) is 24.0 Å². The first kappa shape index (κ1) is 24.0. The van der Waals surface area contributed by atoms with E-state index in [2.05, 4.69) is 5.32 Å². The lowest BCUT2D eigenvalue weighted by Gasteiger charge is -2.37. The maximum absolute atomic E-state index is 14.1. The van der Waals surface area contributed by atoms with E-state index in [1.807, 2.05) is 39.1 Å². The van der Waals surface area contributed by atoms with Gasteiger partial charge in [0.25, 0.3) is 0 Å². The summed E-state index contributed by atoms with van der Waals surface area (Å²) >= 11 is 1.66. The van der Waals surface area contributed by atoms with E-state index in [0.717, 1.165) is 12.0 Å². The topological polar surface area (TPSA) is 61.9 Å². The fraction of sp³-hybridized carbons (Fsp3) is 0.500. The van der Waals surface area contributed by atoms with Crippen molar-refractivity contribution in [2.24, 2.45) is 5.92 Å². The Kier molecular flexibility index (Phi) is 8.12. The molecule has 1 aliphatic heterocycles. The molecule has 0 saturated carbocycles. The lowest BCUT2D eigenvalue weighted by Crippen LogP contribution is -2.51. The van der Waals surface area contributed by atoms with Gasteiger partial charge < -0.3 is 19.9 Å². The van der Waals surface area contributed by atoms with Gasteiger partial charge in [-0.3, -0.25) is 4.79 Å². The Hall–Kier alpha value is -2.61. The second-order valence-electron chi connectivity index (χ2n) is 8.77. The van der Waals surface area contributed by atoms with E-state index in [9.17, 15) is 14.0 Å². The number of para-hydroxylation sites is 1. The average molecular weight is 462 g/mol. The van der Waals surface area contributed by atoms with Crippen LogP contribution in [0.3, 0.4) is 0 Å². The van der Waals surface area contributed by atoms with E-state index in [0.29, 0.717) is 13.1 Å². The van der Waals surface area contributed by atoms with E-state index in [1.54, 1.807) is 39.3 Å². The number of halogens is 1. The minimum absolute atomic E-state index is 0.00754. The SMILES string of the molecule is CC(C)CN(CC(=O)N1CCc2sccc2[C@@H]1COc1ccccc1F)C(=O)NC(C)C. The van der Waals surface area contributed by atoms with Gasteiger partial charge in [0.1, 0.15) is 13.2 Å². The van der Waals surface area contributed by atoms with Crippen LogP contribution in [0.1, 0.15) is 44.2 Å². The number of nitrogens with one attached hydrogen (secondary N) is 1. The van der Waals surface area contributed by atoms with Gasteiger partial charge in [-0.1, -0.05) is 26.0 Å². The van der Waals surface area contributed by atoms with Crippen molar-refractivity contribution in [3.05, 3.63) is 52.0 Å². The zero-order chi connectivity index (χ0) is 23.3. The van der Waals surface area contributed by atoms with E-state index in [1.165, 1.54) is 10.9 Å². The number of hydrogen-bond acceptors (Lipinski definition) is 4. The number of rotatable bonds is 8. The number of urea groups is 1. The summed E-state index contributed by atoms with van der Waals surface area (Å²) in [6, 6.07) is 7.69. The quantitative estimate of drug-likeness (QED) is 0.631. The largest absolute Gasteiger partial charge is 0.488 e. The van der Waals surface area contributed by atoms with Gasteiger partial charge in [0.05, 0.1) is 6.04 Å². The Labute approximate surface area is 193 Å². The number of hydrogen-bond donors (Lipinski definition) is 1. The fourth-order valence-corrected chi connectivity index (χ4v) is 4.79. The standard InChI is InChI=1S/C24H32FN3O3S/c1-16(2)13-27(24(30)26-17(3)4)14-23(29)28-11-9-22-18(10-12-32-22)20(28)15-31-21-8-6-5-7-19(21)25/h5-8,10,12,16-17,20H,9,11,13-15H2,1-4H3,(H,26,30)/t20-/m0/s1. The third-order valence-corrected chi connectivity index (χ3v) is 6.26. The normalized spacial score (nSPS) is 15.6. The van der Waals surface area contributed by atoms with Gasteiger partial charge in [-0.2, -0.15) is 0 Å². The zero-order valence-corrected chi connectivity index (χ0v) is 20.0.